The molecule has 0 aliphatic rings. The third kappa shape index (κ3) is 13.0. The van der Waals surface area contributed by atoms with E-state index in [0.717, 1.165) is 51.4 Å². The summed E-state index contributed by atoms with van der Waals surface area (Å²) >= 11 is 0. The van der Waals surface area contributed by atoms with Gasteiger partial charge in [0.25, 0.3) is 10.1 Å². The zero-order valence-electron chi connectivity index (χ0n) is 19.7. The van der Waals surface area contributed by atoms with E-state index >= 15 is 0 Å². The second kappa shape index (κ2) is 16.5. The monoisotopic (exact) mass is 446 g/mol. The van der Waals surface area contributed by atoms with Crippen LogP contribution in [-0.2, 0) is 24.4 Å². The van der Waals surface area contributed by atoms with Gasteiger partial charge in [-0.15, -0.1) is 0 Å². The van der Waals surface area contributed by atoms with Crippen molar-refractivity contribution in [2.75, 3.05) is 0 Å². The molecule has 0 aliphatic carbocycles. The summed E-state index contributed by atoms with van der Waals surface area (Å²) in [6.45, 7) is 8.28. The van der Waals surface area contributed by atoms with Crippen LogP contribution >= 0.6 is 0 Å². The molecule has 0 aliphatic heterocycles. The Morgan fingerprint density at radius 1 is 1.00 bits per heavy atom. The maximum atomic E-state index is 12.5. The van der Waals surface area contributed by atoms with Gasteiger partial charge < -0.3 is 11.3 Å². The van der Waals surface area contributed by atoms with E-state index in [1.165, 1.54) is 0 Å². The van der Waals surface area contributed by atoms with E-state index in [1.54, 1.807) is 0 Å². The Hall–Kier alpha value is -0.150. The molecule has 29 heavy (non-hydrogen) atoms. The van der Waals surface area contributed by atoms with E-state index in [-0.39, 0.29) is 36.9 Å². The van der Waals surface area contributed by atoms with Gasteiger partial charge in [0.2, 0.25) is 0 Å². The minimum atomic E-state index is -4.86. The SMILES string of the molecule is CCCCC(CC)CC(OC(=O)C(CC(=O)O)S(=O)(=O)O)C(CC)CCCC.[H-].[Na+]. The minimum absolute atomic E-state index is 0. The maximum Gasteiger partial charge on any atom is 1.00 e. The van der Waals surface area contributed by atoms with Crippen LogP contribution in [0.25, 0.3) is 0 Å². The Balaban J connectivity index is -0.00000364. The number of carbonyl (C=O) groups is 2. The standard InChI is InChI=1S/C20H38O7S.Na.H/c1-5-9-11-15(7-3)13-17(16(8-4)12-10-6-2)27-20(23)18(14-19(21)22)28(24,25)26;;/h15-18H,5-14H2,1-4H3,(H,21,22)(H,24,25,26);;/q;+1;-1. The molecule has 7 nitrogen and oxygen atoms in total. The molecule has 0 saturated carbocycles. The molecule has 0 heterocycles. The van der Waals surface area contributed by atoms with E-state index in [4.69, 9.17) is 9.84 Å². The summed E-state index contributed by atoms with van der Waals surface area (Å²) in [5, 5.41) is 6.81. The molecule has 0 amide bonds. The van der Waals surface area contributed by atoms with Gasteiger partial charge in [-0.2, -0.15) is 8.42 Å². The summed E-state index contributed by atoms with van der Waals surface area (Å²) in [6.07, 6.45) is 6.78. The first-order valence-corrected chi connectivity index (χ1v) is 12.0. The molecule has 0 spiro atoms. The minimum Gasteiger partial charge on any atom is -1.00 e. The zero-order valence-corrected chi connectivity index (χ0v) is 21.5. The molecule has 0 rings (SSSR count). The van der Waals surface area contributed by atoms with E-state index in [2.05, 4.69) is 20.8 Å². The van der Waals surface area contributed by atoms with Gasteiger partial charge in [-0.3, -0.25) is 14.1 Å². The molecule has 0 aromatic heterocycles. The van der Waals surface area contributed by atoms with Crippen molar-refractivity contribution in [1.82, 2.24) is 0 Å². The van der Waals surface area contributed by atoms with Crippen LogP contribution in [0.3, 0.4) is 0 Å². The largest absolute Gasteiger partial charge is 1.00 e. The van der Waals surface area contributed by atoms with Crippen LogP contribution in [0, 0.1) is 11.8 Å². The summed E-state index contributed by atoms with van der Waals surface area (Å²) < 4.78 is 37.9. The molecule has 0 aromatic carbocycles. The number of hydrogen-bond acceptors (Lipinski definition) is 5. The molecule has 4 atom stereocenters. The number of rotatable bonds is 16. The first-order chi connectivity index (χ1) is 13.1. The van der Waals surface area contributed by atoms with E-state index in [1.807, 2.05) is 6.92 Å². The number of ether oxygens (including phenoxy) is 1. The molecule has 4 unspecified atom stereocenters. The Kier molecular flexibility index (Phi) is 17.7. The Bertz CT molecular complexity index is 572. The fourth-order valence-corrected chi connectivity index (χ4v) is 4.11. The average molecular weight is 447 g/mol. The van der Waals surface area contributed by atoms with E-state index < -0.39 is 39.8 Å². The summed E-state index contributed by atoms with van der Waals surface area (Å²) in [4.78, 5) is 23.4. The Labute approximate surface area is 199 Å². The van der Waals surface area contributed by atoms with Crippen LogP contribution < -0.4 is 29.6 Å². The predicted octanol–water partition coefficient (Wildman–Crippen LogP) is 1.57. The molecule has 2 N–H and O–H groups in total. The molecule has 0 bridgehead atoms. The second-order valence-electron chi connectivity index (χ2n) is 7.54. The molecule has 9 heteroatoms. The average Bonchev–Trinajstić information content (AvgIpc) is 2.62. The van der Waals surface area contributed by atoms with Gasteiger partial charge in [0.05, 0.1) is 6.42 Å². The van der Waals surface area contributed by atoms with Gasteiger partial charge in [0.1, 0.15) is 6.10 Å². The van der Waals surface area contributed by atoms with Gasteiger partial charge in [0, 0.05) is 0 Å². The first-order valence-electron chi connectivity index (χ1n) is 10.5. The molecular formula is C20H39NaO7S. The van der Waals surface area contributed by atoms with Gasteiger partial charge in [-0.1, -0.05) is 66.2 Å². The molecule has 168 valence electrons. The summed E-state index contributed by atoms with van der Waals surface area (Å²) in [7, 11) is -4.86. The van der Waals surface area contributed by atoms with Crippen molar-refractivity contribution in [3.8, 4) is 0 Å². The predicted molar refractivity (Wildman–Crippen MR) is 110 cm³/mol. The number of carboxylic acids is 1. The third-order valence-corrected chi connectivity index (χ3v) is 6.42. The van der Waals surface area contributed by atoms with Crippen molar-refractivity contribution in [3.63, 3.8) is 0 Å². The molecule has 0 fully saturated rings. The van der Waals surface area contributed by atoms with Crippen LogP contribution in [0.15, 0.2) is 0 Å². The van der Waals surface area contributed by atoms with Crippen molar-refractivity contribution < 1.29 is 63.4 Å². The summed E-state index contributed by atoms with van der Waals surface area (Å²) in [5.41, 5.74) is 0. The molecule has 0 aromatic rings. The number of carbonyl (C=O) groups excluding carboxylic acids is 1. The topological polar surface area (TPSA) is 118 Å². The molecule has 0 radical (unpaired) electrons. The normalized spacial score (nSPS) is 15.6. The number of aliphatic carboxylic acids is 1. The Morgan fingerprint density at radius 2 is 1.55 bits per heavy atom. The van der Waals surface area contributed by atoms with Gasteiger partial charge in [-0.25, -0.2) is 0 Å². The quantitative estimate of drug-likeness (QED) is 0.210. The second-order valence-corrected chi connectivity index (χ2v) is 9.14. The molecular weight excluding hydrogens is 407 g/mol. The molecule has 0 saturated heterocycles. The summed E-state index contributed by atoms with van der Waals surface area (Å²) in [5.74, 6) is -2.23. The van der Waals surface area contributed by atoms with Crippen molar-refractivity contribution in [2.45, 2.75) is 103 Å². The summed E-state index contributed by atoms with van der Waals surface area (Å²) in [6, 6.07) is 0. The van der Waals surface area contributed by atoms with Crippen molar-refractivity contribution in [3.05, 3.63) is 0 Å². The van der Waals surface area contributed by atoms with E-state index in [9.17, 15) is 22.6 Å². The number of hydrogen-bond donors (Lipinski definition) is 2. The van der Waals surface area contributed by atoms with Crippen molar-refractivity contribution in [1.29, 1.82) is 0 Å². The van der Waals surface area contributed by atoms with Crippen LogP contribution in [0.4, 0.5) is 0 Å². The van der Waals surface area contributed by atoms with Crippen LogP contribution in [0.2, 0.25) is 0 Å². The zero-order chi connectivity index (χ0) is 21.7. The van der Waals surface area contributed by atoms with Crippen LogP contribution in [-0.4, -0.2) is 41.4 Å². The van der Waals surface area contributed by atoms with Crippen molar-refractivity contribution in [2.24, 2.45) is 11.8 Å². The smallest absolute Gasteiger partial charge is 1.00 e. The van der Waals surface area contributed by atoms with Crippen molar-refractivity contribution >= 4 is 22.1 Å². The number of esters is 1. The first kappa shape index (κ1) is 31.0. The fraction of sp³-hybridized carbons (Fsp3) is 0.900. The van der Waals surface area contributed by atoms with Gasteiger partial charge >= 0.3 is 41.5 Å². The Morgan fingerprint density at radius 3 is 1.97 bits per heavy atom. The van der Waals surface area contributed by atoms with E-state index in [0.29, 0.717) is 12.3 Å². The third-order valence-electron chi connectivity index (χ3n) is 5.34. The number of carboxylic acid groups (broad SMARTS) is 1. The van der Waals surface area contributed by atoms with Crippen LogP contribution in [0.1, 0.15) is 93.3 Å². The van der Waals surface area contributed by atoms with Crippen LogP contribution in [0.5, 0.6) is 0 Å². The van der Waals surface area contributed by atoms with Gasteiger partial charge in [0.15, 0.2) is 5.25 Å². The number of unbranched alkanes of at least 4 members (excludes halogenated alkanes) is 2. The fourth-order valence-electron chi connectivity index (χ4n) is 3.46. The maximum absolute atomic E-state index is 12.5. The van der Waals surface area contributed by atoms with Gasteiger partial charge in [-0.05, 0) is 31.1 Å².